The highest BCUT2D eigenvalue weighted by Gasteiger charge is 2.10. The number of alkyl halides is 1. The summed E-state index contributed by atoms with van der Waals surface area (Å²) in [6.45, 7) is 2.63. The van der Waals surface area contributed by atoms with Crippen molar-refractivity contribution in [3.63, 3.8) is 0 Å². The molecule has 0 aromatic heterocycles. The van der Waals surface area contributed by atoms with Gasteiger partial charge in [0.15, 0.2) is 0 Å². The molecule has 2 nitrogen and oxygen atoms in total. The Labute approximate surface area is 110 Å². The van der Waals surface area contributed by atoms with E-state index in [1.165, 1.54) is 5.56 Å². The lowest BCUT2D eigenvalue weighted by atomic mass is 10.1. The van der Waals surface area contributed by atoms with E-state index in [9.17, 15) is 4.79 Å². The van der Waals surface area contributed by atoms with Gasteiger partial charge in [-0.15, -0.1) is 0 Å². The van der Waals surface area contributed by atoms with Crippen LogP contribution in [0.25, 0.3) is 0 Å². The number of carbonyl (C=O) groups is 1. The van der Waals surface area contributed by atoms with Crippen molar-refractivity contribution in [1.29, 1.82) is 0 Å². The average Bonchev–Trinajstić information content (AvgIpc) is 2.30. The van der Waals surface area contributed by atoms with Crippen LogP contribution in [0.15, 0.2) is 24.3 Å². The van der Waals surface area contributed by atoms with Crippen molar-refractivity contribution in [2.45, 2.75) is 24.6 Å². The molecule has 0 bridgehead atoms. The summed E-state index contributed by atoms with van der Waals surface area (Å²) in [6.07, 6.45) is 1.62. The second kappa shape index (κ2) is 6.92. The molecule has 0 aliphatic rings. The molecule has 0 radical (unpaired) electrons. The molecular formula is C12H15BrClNO. The SMILES string of the molecule is CC[C@@H](Br)C(=O)NCCc1ccc(Cl)cc1. The lowest BCUT2D eigenvalue weighted by Gasteiger charge is -2.08. The largest absolute Gasteiger partial charge is 0.355 e. The summed E-state index contributed by atoms with van der Waals surface area (Å²) in [4.78, 5) is 11.4. The van der Waals surface area contributed by atoms with Crippen LogP contribution in [0, 0.1) is 0 Å². The number of halogens is 2. The van der Waals surface area contributed by atoms with E-state index in [1.54, 1.807) is 0 Å². The second-order valence-corrected chi connectivity index (χ2v) is 5.09. The third-order valence-electron chi connectivity index (χ3n) is 2.27. The first-order chi connectivity index (χ1) is 7.63. The van der Waals surface area contributed by atoms with Crippen molar-refractivity contribution >= 4 is 33.4 Å². The van der Waals surface area contributed by atoms with E-state index >= 15 is 0 Å². The number of amides is 1. The van der Waals surface area contributed by atoms with Gasteiger partial charge in [-0.1, -0.05) is 46.6 Å². The maximum Gasteiger partial charge on any atom is 0.233 e. The number of rotatable bonds is 5. The first-order valence-corrected chi connectivity index (χ1v) is 6.59. The Morgan fingerprint density at radius 1 is 1.44 bits per heavy atom. The molecule has 0 aliphatic heterocycles. The van der Waals surface area contributed by atoms with E-state index in [0.29, 0.717) is 6.54 Å². The molecule has 1 aromatic rings. The predicted molar refractivity (Wildman–Crippen MR) is 71.2 cm³/mol. The topological polar surface area (TPSA) is 29.1 Å². The molecule has 1 aromatic carbocycles. The van der Waals surface area contributed by atoms with Crippen LogP contribution in [0.1, 0.15) is 18.9 Å². The van der Waals surface area contributed by atoms with Gasteiger partial charge in [0.25, 0.3) is 0 Å². The number of carbonyl (C=O) groups excluding carboxylic acids is 1. The summed E-state index contributed by atoms with van der Waals surface area (Å²) >= 11 is 9.09. The van der Waals surface area contributed by atoms with Crippen molar-refractivity contribution in [2.75, 3.05) is 6.54 Å². The molecule has 0 heterocycles. The maximum atomic E-state index is 11.4. The highest BCUT2D eigenvalue weighted by atomic mass is 79.9. The molecule has 1 amide bonds. The van der Waals surface area contributed by atoms with Crippen LogP contribution in [-0.4, -0.2) is 17.3 Å². The fourth-order valence-corrected chi connectivity index (χ4v) is 1.57. The van der Waals surface area contributed by atoms with Crippen molar-refractivity contribution in [3.8, 4) is 0 Å². The minimum atomic E-state index is -0.0854. The third kappa shape index (κ3) is 4.54. The Balaban J connectivity index is 2.30. The smallest absolute Gasteiger partial charge is 0.233 e. The van der Waals surface area contributed by atoms with Crippen LogP contribution >= 0.6 is 27.5 Å². The van der Waals surface area contributed by atoms with E-state index in [0.717, 1.165) is 17.9 Å². The van der Waals surface area contributed by atoms with Crippen molar-refractivity contribution < 1.29 is 4.79 Å². The van der Waals surface area contributed by atoms with Gasteiger partial charge in [-0.3, -0.25) is 4.79 Å². The molecule has 0 saturated heterocycles. The fourth-order valence-electron chi connectivity index (χ4n) is 1.28. The molecule has 1 atom stereocenters. The van der Waals surface area contributed by atoms with Crippen LogP contribution in [0.3, 0.4) is 0 Å². The molecule has 0 spiro atoms. The van der Waals surface area contributed by atoms with E-state index in [1.807, 2.05) is 31.2 Å². The molecule has 0 saturated carbocycles. The normalized spacial score (nSPS) is 12.2. The standard InChI is InChI=1S/C12H15BrClNO/c1-2-11(13)12(16)15-8-7-9-3-5-10(14)6-4-9/h3-6,11H,2,7-8H2,1H3,(H,15,16)/t11-/m1/s1. The van der Waals surface area contributed by atoms with Gasteiger partial charge in [0.05, 0.1) is 4.83 Å². The lowest BCUT2D eigenvalue weighted by Crippen LogP contribution is -2.32. The average molecular weight is 305 g/mol. The Bertz CT molecular complexity index is 339. The predicted octanol–water partition coefficient (Wildman–Crippen LogP) is 3.17. The zero-order valence-electron chi connectivity index (χ0n) is 9.17. The molecule has 0 fully saturated rings. The number of nitrogens with one attached hydrogen (secondary N) is 1. The van der Waals surface area contributed by atoms with Gasteiger partial charge in [-0.05, 0) is 30.5 Å². The van der Waals surface area contributed by atoms with Gasteiger partial charge >= 0.3 is 0 Å². The Morgan fingerprint density at radius 2 is 2.06 bits per heavy atom. The van der Waals surface area contributed by atoms with Crippen LogP contribution in [0.4, 0.5) is 0 Å². The molecule has 1 rings (SSSR count). The van der Waals surface area contributed by atoms with Crippen molar-refractivity contribution in [1.82, 2.24) is 5.32 Å². The molecule has 4 heteroatoms. The quantitative estimate of drug-likeness (QED) is 0.832. The summed E-state index contributed by atoms with van der Waals surface area (Å²) in [6, 6.07) is 7.66. The minimum Gasteiger partial charge on any atom is -0.355 e. The Hall–Kier alpha value is -0.540. The molecule has 88 valence electrons. The van der Waals surface area contributed by atoms with Gasteiger partial charge in [-0.25, -0.2) is 0 Å². The van der Waals surface area contributed by atoms with Gasteiger partial charge in [0, 0.05) is 11.6 Å². The summed E-state index contributed by atoms with van der Waals surface area (Å²) in [5, 5.41) is 3.61. The van der Waals surface area contributed by atoms with E-state index in [4.69, 9.17) is 11.6 Å². The molecule has 16 heavy (non-hydrogen) atoms. The van der Waals surface area contributed by atoms with E-state index in [-0.39, 0.29) is 10.7 Å². The molecule has 1 N–H and O–H groups in total. The number of benzene rings is 1. The highest BCUT2D eigenvalue weighted by molar-refractivity contribution is 9.10. The maximum absolute atomic E-state index is 11.4. The van der Waals surface area contributed by atoms with Crippen LogP contribution < -0.4 is 5.32 Å². The van der Waals surface area contributed by atoms with Gasteiger partial charge in [0.1, 0.15) is 0 Å². The van der Waals surface area contributed by atoms with Crippen LogP contribution in [0.2, 0.25) is 5.02 Å². The van der Waals surface area contributed by atoms with Crippen molar-refractivity contribution in [3.05, 3.63) is 34.9 Å². The van der Waals surface area contributed by atoms with Crippen LogP contribution in [0.5, 0.6) is 0 Å². The zero-order chi connectivity index (χ0) is 12.0. The molecule has 0 aliphatic carbocycles. The number of hydrogen-bond acceptors (Lipinski definition) is 1. The fraction of sp³-hybridized carbons (Fsp3) is 0.417. The molecule has 0 unspecified atom stereocenters. The Kier molecular flexibility index (Phi) is 5.85. The molecular weight excluding hydrogens is 289 g/mol. The Morgan fingerprint density at radius 3 is 2.62 bits per heavy atom. The monoisotopic (exact) mass is 303 g/mol. The second-order valence-electron chi connectivity index (χ2n) is 3.54. The summed E-state index contributed by atoms with van der Waals surface area (Å²) < 4.78 is 0. The van der Waals surface area contributed by atoms with E-state index in [2.05, 4.69) is 21.2 Å². The summed E-state index contributed by atoms with van der Waals surface area (Å²) in [5.74, 6) is 0.0523. The lowest BCUT2D eigenvalue weighted by molar-refractivity contribution is -0.120. The minimum absolute atomic E-state index is 0.0523. The van der Waals surface area contributed by atoms with Gasteiger partial charge < -0.3 is 5.32 Å². The van der Waals surface area contributed by atoms with Crippen molar-refractivity contribution in [2.24, 2.45) is 0 Å². The van der Waals surface area contributed by atoms with Gasteiger partial charge in [-0.2, -0.15) is 0 Å². The van der Waals surface area contributed by atoms with E-state index < -0.39 is 0 Å². The number of hydrogen-bond donors (Lipinski definition) is 1. The van der Waals surface area contributed by atoms with Gasteiger partial charge in [0.2, 0.25) is 5.91 Å². The first kappa shape index (κ1) is 13.5. The zero-order valence-corrected chi connectivity index (χ0v) is 11.5. The van der Waals surface area contributed by atoms with Crippen LogP contribution in [-0.2, 0) is 11.2 Å². The summed E-state index contributed by atoms with van der Waals surface area (Å²) in [7, 11) is 0. The highest BCUT2D eigenvalue weighted by Crippen LogP contribution is 2.09. The summed E-state index contributed by atoms with van der Waals surface area (Å²) in [5.41, 5.74) is 1.17. The third-order valence-corrected chi connectivity index (χ3v) is 3.58. The first-order valence-electron chi connectivity index (χ1n) is 5.29.